The molecule has 1 aromatic carbocycles. The van der Waals surface area contributed by atoms with E-state index >= 15 is 0 Å². The molecule has 0 aliphatic heterocycles. The molecule has 0 aliphatic rings. The highest BCUT2D eigenvalue weighted by Gasteiger charge is 2.15. The second-order valence-corrected chi connectivity index (χ2v) is 8.26. The summed E-state index contributed by atoms with van der Waals surface area (Å²) in [6.07, 6.45) is 10.9. The molecule has 0 radical (unpaired) electrons. The Morgan fingerprint density at radius 3 is 2.84 bits per heavy atom. The number of aromatic amines is 1. The Labute approximate surface area is 186 Å². The summed E-state index contributed by atoms with van der Waals surface area (Å²) >= 11 is 0. The van der Waals surface area contributed by atoms with Gasteiger partial charge in [0.25, 0.3) is 0 Å². The third-order valence-electron chi connectivity index (χ3n) is 6.17. The number of anilines is 1. The summed E-state index contributed by atoms with van der Waals surface area (Å²) in [4.78, 5) is 12.1. The minimum Gasteiger partial charge on any atom is -0.382 e. The van der Waals surface area contributed by atoms with Crippen LogP contribution in [0.1, 0.15) is 37.4 Å². The molecule has 162 valence electrons. The van der Waals surface area contributed by atoms with Crippen molar-refractivity contribution >= 4 is 22.2 Å². The number of rotatable bonds is 7. The predicted octanol–water partition coefficient (Wildman–Crippen LogP) is 6.18. The molecule has 0 aliphatic carbocycles. The first kappa shape index (κ1) is 20.2. The quantitative estimate of drug-likeness (QED) is 0.326. The van der Waals surface area contributed by atoms with Gasteiger partial charge in [-0.05, 0) is 42.5 Å². The first-order valence-electron chi connectivity index (χ1n) is 11.0. The molecule has 5 rings (SSSR count). The van der Waals surface area contributed by atoms with E-state index in [9.17, 15) is 4.39 Å². The number of aromatic nitrogens is 4. The Hall–Kier alpha value is -3.67. The Balaban J connectivity index is 1.50. The van der Waals surface area contributed by atoms with Crippen LogP contribution in [0.2, 0.25) is 0 Å². The SMILES string of the molecule is CCC(C)c1cnc2c(NCCc3c[nH]c4ccccc34)cc(-c3cncc(F)c3)cn12. The number of H-pyrrole nitrogens is 1. The van der Waals surface area contributed by atoms with Crippen LogP contribution in [0.3, 0.4) is 0 Å². The van der Waals surface area contributed by atoms with Gasteiger partial charge in [-0.15, -0.1) is 0 Å². The van der Waals surface area contributed by atoms with Crippen molar-refractivity contribution in [3.05, 3.63) is 84.5 Å². The summed E-state index contributed by atoms with van der Waals surface area (Å²) in [6, 6.07) is 11.9. The molecule has 1 atom stereocenters. The summed E-state index contributed by atoms with van der Waals surface area (Å²) in [5.74, 6) is 0.0224. The Bertz CT molecular complexity index is 1380. The molecule has 6 heteroatoms. The minimum absolute atomic E-state index is 0.343. The van der Waals surface area contributed by atoms with Gasteiger partial charge in [0.1, 0.15) is 5.82 Å². The van der Waals surface area contributed by atoms with Crippen molar-refractivity contribution in [1.29, 1.82) is 0 Å². The van der Waals surface area contributed by atoms with Crippen LogP contribution in [0.25, 0.3) is 27.7 Å². The third kappa shape index (κ3) is 3.73. The summed E-state index contributed by atoms with van der Waals surface area (Å²) < 4.78 is 16.0. The standard InChI is InChI=1S/C26H26FN5/c1-3-17(2)25-15-31-26-24(11-20(16-32(25)26)19-10-21(27)14-28-12-19)29-9-8-18-13-30-23-7-5-4-6-22(18)23/h4-7,10-17,29-30H,3,8-9H2,1-2H3. The molecule has 0 bridgehead atoms. The fourth-order valence-corrected chi connectivity index (χ4v) is 4.21. The average molecular weight is 428 g/mol. The lowest BCUT2D eigenvalue weighted by atomic mass is 10.1. The number of hydrogen-bond acceptors (Lipinski definition) is 3. The first-order valence-corrected chi connectivity index (χ1v) is 11.0. The Morgan fingerprint density at radius 1 is 1.12 bits per heavy atom. The van der Waals surface area contributed by atoms with Crippen LogP contribution in [0.15, 0.2) is 67.4 Å². The Morgan fingerprint density at radius 2 is 2.00 bits per heavy atom. The van der Waals surface area contributed by atoms with Crippen molar-refractivity contribution in [2.24, 2.45) is 0 Å². The summed E-state index contributed by atoms with van der Waals surface area (Å²) in [5, 5.41) is 4.82. The molecule has 0 amide bonds. The Kier molecular flexibility index (Phi) is 5.35. The van der Waals surface area contributed by atoms with Crippen molar-refractivity contribution in [1.82, 2.24) is 19.4 Å². The molecule has 0 saturated heterocycles. The number of pyridine rings is 2. The number of fused-ring (bicyclic) bond motifs is 2. The minimum atomic E-state index is -0.343. The van der Waals surface area contributed by atoms with Crippen molar-refractivity contribution < 1.29 is 4.39 Å². The average Bonchev–Trinajstić information content (AvgIpc) is 3.43. The van der Waals surface area contributed by atoms with Crippen molar-refractivity contribution in [3.63, 3.8) is 0 Å². The molecule has 2 N–H and O–H groups in total. The van der Waals surface area contributed by atoms with E-state index in [4.69, 9.17) is 4.98 Å². The van der Waals surface area contributed by atoms with Gasteiger partial charge >= 0.3 is 0 Å². The van der Waals surface area contributed by atoms with E-state index in [-0.39, 0.29) is 5.82 Å². The van der Waals surface area contributed by atoms with Gasteiger partial charge in [-0.1, -0.05) is 32.0 Å². The zero-order valence-electron chi connectivity index (χ0n) is 18.3. The number of hydrogen-bond donors (Lipinski definition) is 2. The van der Waals surface area contributed by atoms with Gasteiger partial charge in [-0.2, -0.15) is 0 Å². The highest BCUT2D eigenvalue weighted by molar-refractivity contribution is 5.83. The molecule has 0 spiro atoms. The van der Waals surface area contributed by atoms with E-state index in [1.165, 1.54) is 23.2 Å². The second-order valence-electron chi connectivity index (χ2n) is 8.26. The van der Waals surface area contributed by atoms with Crippen LogP contribution in [0.5, 0.6) is 0 Å². The van der Waals surface area contributed by atoms with E-state index in [1.54, 1.807) is 6.20 Å². The molecule has 0 saturated carbocycles. The highest BCUT2D eigenvalue weighted by Crippen LogP contribution is 2.30. The molecule has 1 unspecified atom stereocenters. The molecule has 0 fully saturated rings. The molecular formula is C26H26FN5. The topological polar surface area (TPSA) is 58.0 Å². The van der Waals surface area contributed by atoms with Crippen LogP contribution in [0.4, 0.5) is 10.1 Å². The number of nitrogens with one attached hydrogen (secondary N) is 2. The lowest BCUT2D eigenvalue weighted by Crippen LogP contribution is -2.07. The fourth-order valence-electron chi connectivity index (χ4n) is 4.21. The molecule has 4 heterocycles. The summed E-state index contributed by atoms with van der Waals surface area (Å²) in [6.45, 7) is 5.13. The monoisotopic (exact) mass is 427 g/mol. The van der Waals surface area contributed by atoms with E-state index < -0.39 is 0 Å². The summed E-state index contributed by atoms with van der Waals surface area (Å²) in [5.41, 5.74) is 7.04. The maximum absolute atomic E-state index is 13.9. The maximum atomic E-state index is 13.9. The van der Waals surface area contributed by atoms with Crippen molar-refractivity contribution in [2.45, 2.75) is 32.6 Å². The van der Waals surface area contributed by atoms with Crippen LogP contribution in [0, 0.1) is 5.82 Å². The van der Waals surface area contributed by atoms with Gasteiger partial charge in [0.2, 0.25) is 0 Å². The van der Waals surface area contributed by atoms with Crippen LogP contribution < -0.4 is 5.32 Å². The van der Waals surface area contributed by atoms with Gasteiger partial charge in [0, 0.05) is 59.1 Å². The zero-order valence-corrected chi connectivity index (χ0v) is 18.3. The number of nitrogens with zero attached hydrogens (tertiary/aromatic N) is 3. The van der Waals surface area contributed by atoms with E-state index in [0.717, 1.165) is 53.1 Å². The van der Waals surface area contributed by atoms with E-state index in [0.29, 0.717) is 5.92 Å². The van der Waals surface area contributed by atoms with Gasteiger partial charge in [-0.3, -0.25) is 4.98 Å². The molecule has 5 nitrogen and oxygen atoms in total. The van der Waals surface area contributed by atoms with Crippen LogP contribution >= 0.6 is 0 Å². The molecule has 4 aromatic heterocycles. The fraction of sp³-hybridized carbons (Fsp3) is 0.231. The molecular weight excluding hydrogens is 401 g/mol. The first-order chi connectivity index (χ1) is 15.6. The third-order valence-corrected chi connectivity index (χ3v) is 6.17. The number of para-hydroxylation sites is 1. The van der Waals surface area contributed by atoms with Gasteiger partial charge in [0.15, 0.2) is 5.65 Å². The zero-order chi connectivity index (χ0) is 22.1. The second kappa shape index (κ2) is 8.46. The van der Waals surface area contributed by atoms with E-state index in [1.807, 2.05) is 24.5 Å². The van der Waals surface area contributed by atoms with Crippen LogP contribution in [-0.2, 0) is 6.42 Å². The number of imidazole rings is 1. The normalized spacial score (nSPS) is 12.5. The summed E-state index contributed by atoms with van der Waals surface area (Å²) in [7, 11) is 0. The van der Waals surface area contributed by atoms with E-state index in [2.05, 4.69) is 57.9 Å². The van der Waals surface area contributed by atoms with Gasteiger partial charge < -0.3 is 14.7 Å². The van der Waals surface area contributed by atoms with Gasteiger partial charge in [-0.25, -0.2) is 9.37 Å². The lowest BCUT2D eigenvalue weighted by Gasteiger charge is -2.14. The maximum Gasteiger partial charge on any atom is 0.160 e. The van der Waals surface area contributed by atoms with Crippen LogP contribution in [-0.4, -0.2) is 25.9 Å². The number of benzene rings is 1. The molecule has 32 heavy (non-hydrogen) atoms. The number of halogens is 1. The van der Waals surface area contributed by atoms with Gasteiger partial charge in [0.05, 0.1) is 11.9 Å². The molecule has 5 aromatic rings. The lowest BCUT2D eigenvalue weighted by molar-refractivity contribution is 0.622. The predicted molar refractivity (Wildman–Crippen MR) is 128 cm³/mol. The van der Waals surface area contributed by atoms with Crippen molar-refractivity contribution in [3.8, 4) is 11.1 Å². The smallest absolute Gasteiger partial charge is 0.160 e. The largest absolute Gasteiger partial charge is 0.382 e. The highest BCUT2D eigenvalue weighted by atomic mass is 19.1. The van der Waals surface area contributed by atoms with Crippen molar-refractivity contribution in [2.75, 3.05) is 11.9 Å².